The minimum absolute atomic E-state index is 0.136. The fourth-order valence-corrected chi connectivity index (χ4v) is 2.94. The fourth-order valence-electron chi connectivity index (χ4n) is 2.94. The standard InChI is InChI=1S/C15H20O4/c1-11-6-12(16)8-14(7-11)19-13-2-4-18-15(9-13)3-5-17-10-15/h6-8,13,16H,2-5,9-10H2,1H3. The van der Waals surface area contributed by atoms with Gasteiger partial charge in [-0.15, -0.1) is 0 Å². The second kappa shape index (κ2) is 5.02. The number of aromatic hydroxyl groups is 1. The molecule has 4 nitrogen and oxygen atoms in total. The van der Waals surface area contributed by atoms with Crippen LogP contribution in [0.5, 0.6) is 11.5 Å². The summed E-state index contributed by atoms with van der Waals surface area (Å²) in [5, 5.41) is 9.60. The molecular formula is C15H20O4. The van der Waals surface area contributed by atoms with Gasteiger partial charge in [0.05, 0.1) is 18.8 Å². The Balaban J connectivity index is 1.69. The Morgan fingerprint density at radius 2 is 2.21 bits per heavy atom. The number of benzene rings is 1. The van der Waals surface area contributed by atoms with Gasteiger partial charge in [-0.3, -0.25) is 0 Å². The number of aryl methyl sites for hydroxylation is 1. The first-order valence-corrected chi connectivity index (χ1v) is 6.84. The number of phenols is 1. The topological polar surface area (TPSA) is 47.9 Å². The zero-order chi connectivity index (χ0) is 13.3. The van der Waals surface area contributed by atoms with Gasteiger partial charge >= 0.3 is 0 Å². The molecule has 1 aromatic rings. The third-order valence-corrected chi connectivity index (χ3v) is 3.85. The van der Waals surface area contributed by atoms with Crippen LogP contribution in [0.25, 0.3) is 0 Å². The molecule has 2 aliphatic heterocycles. The van der Waals surface area contributed by atoms with Crippen LogP contribution in [-0.2, 0) is 9.47 Å². The Morgan fingerprint density at radius 1 is 1.32 bits per heavy atom. The molecule has 0 amide bonds. The van der Waals surface area contributed by atoms with Crippen molar-refractivity contribution in [1.29, 1.82) is 0 Å². The zero-order valence-corrected chi connectivity index (χ0v) is 11.2. The Morgan fingerprint density at radius 3 is 2.95 bits per heavy atom. The number of ether oxygens (including phenoxy) is 3. The van der Waals surface area contributed by atoms with Crippen LogP contribution in [0.15, 0.2) is 18.2 Å². The van der Waals surface area contributed by atoms with Gasteiger partial charge in [0.15, 0.2) is 0 Å². The van der Waals surface area contributed by atoms with E-state index in [1.54, 1.807) is 12.1 Å². The Hall–Kier alpha value is -1.26. The molecule has 1 N–H and O–H groups in total. The normalized spacial score (nSPS) is 30.7. The molecule has 0 aliphatic carbocycles. The van der Waals surface area contributed by atoms with E-state index in [0.29, 0.717) is 13.2 Å². The van der Waals surface area contributed by atoms with Gasteiger partial charge in [0.1, 0.15) is 17.6 Å². The lowest BCUT2D eigenvalue weighted by Gasteiger charge is -2.37. The van der Waals surface area contributed by atoms with Crippen molar-refractivity contribution in [3.05, 3.63) is 23.8 Å². The van der Waals surface area contributed by atoms with Gasteiger partial charge in [0, 0.05) is 31.9 Å². The van der Waals surface area contributed by atoms with Gasteiger partial charge < -0.3 is 19.3 Å². The van der Waals surface area contributed by atoms with Gasteiger partial charge in [-0.2, -0.15) is 0 Å². The first-order chi connectivity index (χ1) is 9.15. The summed E-state index contributed by atoms with van der Waals surface area (Å²) in [5.74, 6) is 0.986. The lowest BCUT2D eigenvalue weighted by molar-refractivity contribution is -0.112. The summed E-state index contributed by atoms with van der Waals surface area (Å²) < 4.78 is 17.3. The molecule has 1 spiro atoms. The number of rotatable bonds is 2. The van der Waals surface area contributed by atoms with E-state index >= 15 is 0 Å². The highest BCUT2D eigenvalue weighted by atomic mass is 16.6. The second-order valence-corrected chi connectivity index (χ2v) is 5.57. The van der Waals surface area contributed by atoms with Gasteiger partial charge in [-0.25, -0.2) is 0 Å². The predicted octanol–water partition coefficient (Wildman–Crippen LogP) is 2.42. The fraction of sp³-hybridized carbons (Fsp3) is 0.600. The maximum Gasteiger partial charge on any atom is 0.123 e. The summed E-state index contributed by atoms with van der Waals surface area (Å²) in [6.45, 7) is 4.11. The van der Waals surface area contributed by atoms with Crippen LogP contribution >= 0.6 is 0 Å². The quantitative estimate of drug-likeness (QED) is 0.891. The largest absolute Gasteiger partial charge is 0.508 e. The van der Waals surface area contributed by atoms with Crippen molar-refractivity contribution in [2.45, 2.75) is 37.9 Å². The monoisotopic (exact) mass is 264 g/mol. The van der Waals surface area contributed by atoms with E-state index in [2.05, 4.69) is 0 Å². The number of hydrogen-bond donors (Lipinski definition) is 1. The van der Waals surface area contributed by atoms with Crippen LogP contribution in [-0.4, -0.2) is 36.6 Å². The molecule has 0 bridgehead atoms. The highest BCUT2D eigenvalue weighted by molar-refractivity contribution is 5.37. The van der Waals surface area contributed by atoms with Gasteiger partial charge in [-0.1, -0.05) is 0 Å². The highest BCUT2D eigenvalue weighted by Crippen LogP contribution is 2.35. The van der Waals surface area contributed by atoms with E-state index in [1.165, 1.54) is 0 Å². The summed E-state index contributed by atoms with van der Waals surface area (Å²) in [4.78, 5) is 0. The minimum atomic E-state index is -0.144. The van der Waals surface area contributed by atoms with Crippen molar-refractivity contribution in [1.82, 2.24) is 0 Å². The molecule has 2 unspecified atom stereocenters. The summed E-state index contributed by atoms with van der Waals surface area (Å²) in [6.07, 6.45) is 2.83. The van der Waals surface area contributed by atoms with Gasteiger partial charge in [-0.05, 0) is 24.6 Å². The molecule has 2 aliphatic rings. The molecule has 4 heteroatoms. The second-order valence-electron chi connectivity index (χ2n) is 5.57. The summed E-state index contributed by atoms with van der Waals surface area (Å²) in [5.41, 5.74) is 0.857. The molecule has 19 heavy (non-hydrogen) atoms. The molecule has 2 heterocycles. The van der Waals surface area contributed by atoms with Crippen molar-refractivity contribution in [2.75, 3.05) is 19.8 Å². The zero-order valence-electron chi connectivity index (χ0n) is 11.2. The van der Waals surface area contributed by atoms with Crippen molar-refractivity contribution in [2.24, 2.45) is 0 Å². The first-order valence-electron chi connectivity index (χ1n) is 6.84. The molecular weight excluding hydrogens is 244 g/mol. The predicted molar refractivity (Wildman–Crippen MR) is 70.6 cm³/mol. The molecule has 0 radical (unpaired) electrons. The average Bonchev–Trinajstić information content (AvgIpc) is 2.76. The Labute approximate surface area is 113 Å². The molecule has 3 rings (SSSR count). The minimum Gasteiger partial charge on any atom is -0.508 e. The molecule has 2 saturated heterocycles. The third kappa shape index (κ3) is 2.85. The van der Waals surface area contributed by atoms with Crippen LogP contribution in [0, 0.1) is 6.92 Å². The Bertz CT molecular complexity index is 431. The van der Waals surface area contributed by atoms with E-state index in [-0.39, 0.29) is 17.5 Å². The summed E-state index contributed by atoms with van der Waals surface area (Å²) in [7, 11) is 0. The van der Waals surface area contributed by atoms with Crippen LogP contribution in [0.1, 0.15) is 24.8 Å². The van der Waals surface area contributed by atoms with Crippen molar-refractivity contribution in [3.63, 3.8) is 0 Å². The SMILES string of the molecule is Cc1cc(O)cc(OC2CCOC3(CCOC3)C2)c1. The third-order valence-electron chi connectivity index (χ3n) is 3.85. The molecule has 0 saturated carbocycles. The smallest absolute Gasteiger partial charge is 0.123 e. The number of phenolic OH excluding ortho intramolecular Hbond substituents is 1. The maximum atomic E-state index is 9.60. The van der Waals surface area contributed by atoms with E-state index in [9.17, 15) is 5.11 Å². The number of hydrogen-bond acceptors (Lipinski definition) is 4. The molecule has 1 aromatic carbocycles. The van der Waals surface area contributed by atoms with Gasteiger partial charge in [0.25, 0.3) is 0 Å². The van der Waals surface area contributed by atoms with E-state index < -0.39 is 0 Å². The van der Waals surface area contributed by atoms with Crippen LogP contribution in [0.2, 0.25) is 0 Å². The maximum absolute atomic E-state index is 9.60. The van der Waals surface area contributed by atoms with E-state index in [1.807, 2.05) is 13.0 Å². The summed E-state index contributed by atoms with van der Waals surface area (Å²) in [6, 6.07) is 5.34. The highest BCUT2D eigenvalue weighted by Gasteiger charge is 2.41. The van der Waals surface area contributed by atoms with Gasteiger partial charge in [0.2, 0.25) is 0 Å². The Kier molecular flexibility index (Phi) is 3.37. The molecule has 104 valence electrons. The first kappa shape index (κ1) is 12.8. The van der Waals surface area contributed by atoms with Crippen molar-refractivity contribution in [3.8, 4) is 11.5 Å². The van der Waals surface area contributed by atoms with E-state index in [4.69, 9.17) is 14.2 Å². The van der Waals surface area contributed by atoms with Crippen LogP contribution in [0.4, 0.5) is 0 Å². The lowest BCUT2D eigenvalue weighted by Crippen LogP contribution is -2.44. The van der Waals surface area contributed by atoms with Crippen molar-refractivity contribution < 1.29 is 19.3 Å². The van der Waals surface area contributed by atoms with Crippen LogP contribution < -0.4 is 4.74 Å². The van der Waals surface area contributed by atoms with Crippen LogP contribution in [0.3, 0.4) is 0 Å². The molecule has 2 atom stereocenters. The molecule has 0 aromatic heterocycles. The van der Waals surface area contributed by atoms with E-state index in [0.717, 1.165) is 37.2 Å². The lowest BCUT2D eigenvalue weighted by atomic mass is 9.91. The average molecular weight is 264 g/mol. The summed E-state index contributed by atoms with van der Waals surface area (Å²) >= 11 is 0. The van der Waals surface area contributed by atoms with Crippen molar-refractivity contribution >= 4 is 0 Å². The molecule has 2 fully saturated rings.